The number of aryl methyl sites for hydroxylation is 1. The summed E-state index contributed by atoms with van der Waals surface area (Å²) in [5.74, 6) is 1.46. The van der Waals surface area contributed by atoms with Gasteiger partial charge in [0.2, 0.25) is 23.0 Å². The van der Waals surface area contributed by atoms with Gasteiger partial charge in [0.15, 0.2) is 11.5 Å². The molecule has 5 rings (SSSR count). The van der Waals surface area contributed by atoms with Gasteiger partial charge in [-0.25, -0.2) is 0 Å². The number of ether oxygens (including phenoxy) is 3. The Morgan fingerprint density at radius 1 is 0.911 bits per heavy atom. The van der Waals surface area contributed by atoms with E-state index in [0.29, 0.717) is 73.8 Å². The molecular weight excluding hydrogens is 572 g/mol. The van der Waals surface area contributed by atoms with Crippen molar-refractivity contribution in [3.05, 3.63) is 75.9 Å². The molecule has 0 bridgehead atoms. The fourth-order valence-corrected chi connectivity index (χ4v) is 6.33. The number of hydrogen-bond donors (Lipinski definition) is 2. The van der Waals surface area contributed by atoms with Crippen molar-refractivity contribution in [3.8, 4) is 28.4 Å². The fraction of sp³-hybridized carbons (Fsp3) is 0.400. The lowest BCUT2D eigenvalue weighted by molar-refractivity contribution is -0.131. The molecule has 3 aromatic rings. The van der Waals surface area contributed by atoms with Crippen molar-refractivity contribution < 1.29 is 23.8 Å². The summed E-state index contributed by atoms with van der Waals surface area (Å²) in [4.78, 5) is 42.9. The minimum absolute atomic E-state index is 0.128. The molecular formula is C35H42N4O6. The van der Waals surface area contributed by atoms with Crippen molar-refractivity contribution in [2.75, 3.05) is 64.3 Å². The summed E-state index contributed by atoms with van der Waals surface area (Å²) >= 11 is 0. The second-order valence-corrected chi connectivity index (χ2v) is 11.3. The second kappa shape index (κ2) is 14.4. The van der Waals surface area contributed by atoms with Crippen LogP contribution in [0.5, 0.6) is 17.2 Å². The van der Waals surface area contributed by atoms with Gasteiger partial charge in [-0.15, -0.1) is 0 Å². The van der Waals surface area contributed by atoms with E-state index in [1.165, 1.54) is 12.6 Å². The fourth-order valence-electron chi connectivity index (χ4n) is 6.33. The zero-order chi connectivity index (χ0) is 31.9. The number of fused-ring (bicyclic) bond motifs is 3. The second-order valence-electron chi connectivity index (χ2n) is 11.3. The lowest BCUT2D eigenvalue weighted by atomic mass is 9.95. The summed E-state index contributed by atoms with van der Waals surface area (Å²) < 4.78 is 17.1. The highest BCUT2D eigenvalue weighted by molar-refractivity contribution is 5.84. The van der Waals surface area contributed by atoms with Crippen molar-refractivity contribution in [2.45, 2.75) is 38.6 Å². The molecule has 1 fully saturated rings. The van der Waals surface area contributed by atoms with Crippen LogP contribution in [0.2, 0.25) is 0 Å². The SMILES string of the molecule is COc1cc2c(c(OC)c1OC)-c1ccc(NCCCC(=O)N3CCN(c4ccccc4)CC3)c(=O)cc1[C@@H](NC(C)=O)CC2. The molecule has 2 N–H and O–H groups in total. The van der Waals surface area contributed by atoms with Crippen LogP contribution in [0.15, 0.2) is 59.4 Å². The van der Waals surface area contributed by atoms with E-state index in [0.717, 1.165) is 29.8 Å². The van der Waals surface area contributed by atoms with Gasteiger partial charge in [-0.05, 0) is 66.3 Å². The van der Waals surface area contributed by atoms with E-state index in [4.69, 9.17) is 14.2 Å². The molecule has 238 valence electrons. The molecule has 10 nitrogen and oxygen atoms in total. The van der Waals surface area contributed by atoms with Gasteiger partial charge in [0.05, 0.1) is 33.1 Å². The number of para-hydroxylation sites is 1. The smallest absolute Gasteiger partial charge is 0.222 e. The standard InChI is InChI=1S/C35H42N4O6/c1-23(40)37-28-14-12-24-21-31(43-2)34(44-3)35(45-4)33(24)26-13-15-29(30(41)22-27(26)28)36-16-8-11-32(42)39-19-17-38(18-20-39)25-9-6-5-7-10-25/h5-7,9-10,13,15,21-22,28H,8,11-12,14,16-20H2,1-4H3,(H,36,41)(H,37,40)/t28-/m0/s1. The first-order chi connectivity index (χ1) is 21.8. The summed E-state index contributed by atoms with van der Waals surface area (Å²) in [5.41, 5.74) is 4.66. The molecule has 0 aromatic heterocycles. The van der Waals surface area contributed by atoms with Crippen molar-refractivity contribution in [1.29, 1.82) is 0 Å². The number of benzene rings is 2. The van der Waals surface area contributed by atoms with Gasteiger partial charge in [-0.2, -0.15) is 0 Å². The molecule has 1 heterocycles. The van der Waals surface area contributed by atoms with E-state index in [1.54, 1.807) is 33.5 Å². The number of anilines is 2. The van der Waals surface area contributed by atoms with Crippen LogP contribution in [0.25, 0.3) is 11.1 Å². The average Bonchev–Trinajstić information content (AvgIpc) is 3.30. The number of nitrogens with one attached hydrogen (secondary N) is 2. The molecule has 0 saturated carbocycles. The predicted molar refractivity (Wildman–Crippen MR) is 176 cm³/mol. The molecule has 10 heteroatoms. The molecule has 1 atom stereocenters. The molecule has 45 heavy (non-hydrogen) atoms. The highest BCUT2D eigenvalue weighted by Crippen LogP contribution is 2.50. The van der Waals surface area contributed by atoms with E-state index >= 15 is 0 Å². The van der Waals surface area contributed by atoms with Crippen LogP contribution in [0.3, 0.4) is 0 Å². The zero-order valence-corrected chi connectivity index (χ0v) is 26.5. The van der Waals surface area contributed by atoms with Crippen molar-refractivity contribution in [3.63, 3.8) is 0 Å². The zero-order valence-electron chi connectivity index (χ0n) is 26.5. The van der Waals surface area contributed by atoms with Crippen LogP contribution in [-0.4, -0.2) is 70.8 Å². The Balaban J connectivity index is 1.32. The molecule has 3 aromatic carbocycles. The van der Waals surface area contributed by atoms with Crippen molar-refractivity contribution in [2.24, 2.45) is 0 Å². The summed E-state index contributed by atoms with van der Waals surface area (Å²) in [5, 5.41) is 6.28. The summed E-state index contributed by atoms with van der Waals surface area (Å²) in [6.45, 7) is 4.96. The Morgan fingerprint density at radius 3 is 2.31 bits per heavy atom. The Bertz CT molecular complexity index is 1590. The first kappa shape index (κ1) is 31.7. The summed E-state index contributed by atoms with van der Waals surface area (Å²) in [7, 11) is 4.71. The maximum Gasteiger partial charge on any atom is 0.222 e. The van der Waals surface area contributed by atoms with E-state index < -0.39 is 0 Å². The monoisotopic (exact) mass is 614 g/mol. The van der Waals surface area contributed by atoms with E-state index in [9.17, 15) is 14.4 Å². The van der Waals surface area contributed by atoms with E-state index in [1.807, 2.05) is 35.2 Å². The van der Waals surface area contributed by atoms with Gasteiger partial charge in [0.25, 0.3) is 0 Å². The van der Waals surface area contributed by atoms with Gasteiger partial charge in [-0.3, -0.25) is 14.4 Å². The van der Waals surface area contributed by atoms with Crippen molar-refractivity contribution in [1.82, 2.24) is 10.2 Å². The molecule has 0 spiro atoms. The Labute approximate surface area is 264 Å². The van der Waals surface area contributed by atoms with E-state index in [-0.39, 0.29) is 23.3 Å². The number of rotatable bonds is 10. The average molecular weight is 615 g/mol. The molecule has 1 aliphatic heterocycles. The van der Waals surface area contributed by atoms with Gasteiger partial charge in [0.1, 0.15) is 0 Å². The third-order valence-electron chi connectivity index (χ3n) is 8.55. The maximum atomic E-state index is 13.5. The first-order valence-corrected chi connectivity index (χ1v) is 15.4. The maximum absolute atomic E-state index is 13.5. The molecule has 1 aliphatic carbocycles. The highest BCUT2D eigenvalue weighted by atomic mass is 16.5. The number of amides is 2. The van der Waals surface area contributed by atoms with Gasteiger partial charge >= 0.3 is 0 Å². The minimum Gasteiger partial charge on any atom is -0.493 e. The number of methoxy groups -OCH3 is 3. The number of hydrogen-bond acceptors (Lipinski definition) is 8. The third kappa shape index (κ3) is 7.00. The van der Waals surface area contributed by atoms with Gasteiger partial charge in [0, 0.05) is 57.3 Å². The van der Waals surface area contributed by atoms with Crippen molar-refractivity contribution >= 4 is 23.2 Å². The topological polar surface area (TPSA) is 109 Å². The molecule has 1 saturated heterocycles. The minimum atomic E-state index is -0.375. The van der Waals surface area contributed by atoms with Crippen LogP contribution in [0.4, 0.5) is 11.4 Å². The Hall–Kier alpha value is -4.73. The lowest BCUT2D eigenvalue weighted by Crippen LogP contribution is -2.48. The normalized spacial score (nSPS) is 15.7. The van der Waals surface area contributed by atoms with Crippen LogP contribution in [0, 0.1) is 0 Å². The molecule has 2 aliphatic rings. The number of carbonyl (C=O) groups excluding carboxylic acids is 2. The first-order valence-electron chi connectivity index (χ1n) is 15.4. The molecule has 0 unspecified atom stereocenters. The van der Waals surface area contributed by atoms with Gasteiger partial charge < -0.3 is 34.6 Å². The lowest BCUT2D eigenvalue weighted by Gasteiger charge is -2.36. The number of piperazine rings is 1. The quantitative estimate of drug-likeness (QED) is 0.324. The highest BCUT2D eigenvalue weighted by Gasteiger charge is 2.29. The largest absolute Gasteiger partial charge is 0.493 e. The molecule has 0 radical (unpaired) electrons. The third-order valence-corrected chi connectivity index (χ3v) is 8.55. The summed E-state index contributed by atoms with van der Waals surface area (Å²) in [6, 6.07) is 17.1. The van der Waals surface area contributed by atoms with Crippen LogP contribution in [-0.2, 0) is 16.0 Å². The van der Waals surface area contributed by atoms with E-state index in [2.05, 4.69) is 27.7 Å². The summed E-state index contributed by atoms with van der Waals surface area (Å²) in [6.07, 6.45) is 2.21. The van der Waals surface area contributed by atoms with Crippen LogP contribution < -0.4 is 35.2 Å². The Kier molecular flexibility index (Phi) is 10.1. The van der Waals surface area contributed by atoms with Crippen LogP contribution >= 0.6 is 0 Å². The number of nitrogens with zero attached hydrogens (tertiary/aromatic N) is 2. The van der Waals surface area contributed by atoms with Crippen LogP contribution in [0.1, 0.15) is 43.4 Å². The number of carbonyl (C=O) groups is 2. The molecule has 2 amide bonds. The predicted octanol–water partition coefficient (Wildman–Crippen LogP) is 4.40. The van der Waals surface area contributed by atoms with Gasteiger partial charge in [-0.1, -0.05) is 24.3 Å². The Morgan fingerprint density at radius 2 is 1.64 bits per heavy atom.